The summed E-state index contributed by atoms with van der Waals surface area (Å²) in [6.07, 6.45) is 1.09. The van der Waals surface area contributed by atoms with E-state index in [4.69, 9.17) is 11.6 Å². The molecule has 0 amide bonds. The van der Waals surface area contributed by atoms with E-state index in [9.17, 15) is 0 Å². The molecule has 60 valence electrons. The van der Waals surface area contributed by atoms with Crippen LogP contribution in [0.3, 0.4) is 0 Å². The Bertz CT molecular complexity index is 257. The van der Waals surface area contributed by atoms with Gasteiger partial charge in [-0.2, -0.15) is 0 Å². The van der Waals surface area contributed by atoms with Crippen LogP contribution in [0.2, 0.25) is 5.15 Å². The van der Waals surface area contributed by atoms with Gasteiger partial charge >= 0.3 is 0 Å². The lowest BCUT2D eigenvalue weighted by Gasteiger charge is -1.97. The second kappa shape index (κ2) is 2.79. The summed E-state index contributed by atoms with van der Waals surface area (Å²) in [5.74, 6) is 0. The quantitative estimate of drug-likeness (QED) is 0.617. The van der Waals surface area contributed by atoms with Crippen molar-refractivity contribution in [3.05, 3.63) is 10.8 Å². The van der Waals surface area contributed by atoms with Gasteiger partial charge in [-0.1, -0.05) is 16.8 Å². The number of hydrogen-bond donors (Lipinski definition) is 1. The summed E-state index contributed by atoms with van der Waals surface area (Å²) in [4.78, 5) is 0. The molecule has 2 heterocycles. The average Bonchev–Trinajstić information content (AvgIpc) is 2.25. The predicted molar refractivity (Wildman–Crippen MR) is 41.4 cm³/mol. The largest absolute Gasteiger partial charge is 0.311 e. The van der Waals surface area contributed by atoms with Gasteiger partial charge in [0.1, 0.15) is 0 Å². The van der Waals surface area contributed by atoms with Gasteiger partial charge in [-0.15, -0.1) is 5.10 Å². The van der Waals surface area contributed by atoms with Crippen LogP contribution in [-0.2, 0) is 13.1 Å². The van der Waals surface area contributed by atoms with E-state index >= 15 is 0 Å². The predicted octanol–water partition coefficient (Wildman–Crippen LogP) is 0.425. The van der Waals surface area contributed by atoms with Gasteiger partial charge in [0.15, 0.2) is 5.15 Å². The molecule has 4 nitrogen and oxygen atoms in total. The molecule has 0 saturated heterocycles. The van der Waals surface area contributed by atoms with Crippen LogP contribution < -0.4 is 5.32 Å². The highest BCUT2D eigenvalue weighted by Gasteiger charge is 2.12. The Balaban J connectivity index is 2.35. The minimum absolute atomic E-state index is 0.527. The number of nitrogens with one attached hydrogen (secondary N) is 1. The molecule has 11 heavy (non-hydrogen) atoms. The van der Waals surface area contributed by atoms with E-state index in [2.05, 4.69) is 15.6 Å². The second-order valence-electron chi connectivity index (χ2n) is 2.58. The molecule has 1 aliphatic rings. The molecule has 1 N–H and O–H groups in total. The van der Waals surface area contributed by atoms with Gasteiger partial charge in [0.05, 0.1) is 5.69 Å². The van der Waals surface area contributed by atoms with Crippen molar-refractivity contribution in [3.63, 3.8) is 0 Å². The second-order valence-corrected chi connectivity index (χ2v) is 2.94. The van der Waals surface area contributed by atoms with Crippen LogP contribution in [0.25, 0.3) is 0 Å². The molecule has 0 spiro atoms. The van der Waals surface area contributed by atoms with E-state index in [1.807, 2.05) is 4.68 Å². The fourth-order valence-corrected chi connectivity index (χ4v) is 1.41. The van der Waals surface area contributed by atoms with Crippen LogP contribution in [0.15, 0.2) is 0 Å². The first-order chi connectivity index (χ1) is 5.38. The first-order valence-electron chi connectivity index (χ1n) is 3.66. The molecule has 0 fully saturated rings. The Labute approximate surface area is 69.5 Å². The summed E-state index contributed by atoms with van der Waals surface area (Å²) in [5, 5.41) is 11.5. The molecular formula is C6H9ClN4. The SMILES string of the molecule is Clc1nnn2c1CNCCC2. The maximum atomic E-state index is 5.80. The summed E-state index contributed by atoms with van der Waals surface area (Å²) in [6.45, 7) is 2.73. The molecular weight excluding hydrogens is 164 g/mol. The lowest BCUT2D eigenvalue weighted by molar-refractivity contribution is 0.566. The van der Waals surface area contributed by atoms with Gasteiger partial charge in [-0.3, -0.25) is 0 Å². The molecule has 1 aromatic rings. The summed E-state index contributed by atoms with van der Waals surface area (Å²) >= 11 is 5.80. The number of hydrogen-bond acceptors (Lipinski definition) is 3. The third-order valence-corrected chi connectivity index (χ3v) is 2.10. The minimum Gasteiger partial charge on any atom is -0.311 e. The highest BCUT2D eigenvalue weighted by Crippen LogP contribution is 2.13. The number of halogens is 1. The van der Waals surface area contributed by atoms with Gasteiger partial charge < -0.3 is 5.32 Å². The molecule has 0 unspecified atom stereocenters. The summed E-state index contributed by atoms with van der Waals surface area (Å²) in [6, 6.07) is 0. The summed E-state index contributed by atoms with van der Waals surface area (Å²) in [7, 11) is 0. The zero-order valence-corrected chi connectivity index (χ0v) is 6.80. The van der Waals surface area contributed by atoms with E-state index in [0.717, 1.165) is 31.7 Å². The fourth-order valence-electron chi connectivity index (χ4n) is 1.22. The smallest absolute Gasteiger partial charge is 0.175 e. The molecule has 0 bridgehead atoms. The maximum Gasteiger partial charge on any atom is 0.175 e. The number of aryl methyl sites for hydroxylation is 1. The Morgan fingerprint density at radius 1 is 1.55 bits per heavy atom. The van der Waals surface area contributed by atoms with Crippen molar-refractivity contribution in [1.82, 2.24) is 20.3 Å². The Hall–Kier alpha value is -0.610. The highest BCUT2D eigenvalue weighted by molar-refractivity contribution is 6.29. The standard InChI is InChI=1S/C6H9ClN4/c7-6-5-4-8-2-1-3-11(5)10-9-6/h8H,1-4H2. The monoisotopic (exact) mass is 172 g/mol. The van der Waals surface area contributed by atoms with Crippen molar-refractivity contribution in [2.24, 2.45) is 0 Å². The normalized spacial score (nSPS) is 17.5. The van der Waals surface area contributed by atoms with E-state index < -0.39 is 0 Å². The van der Waals surface area contributed by atoms with Crippen LogP contribution in [0.1, 0.15) is 12.1 Å². The third kappa shape index (κ3) is 1.23. The lowest BCUT2D eigenvalue weighted by atomic mass is 10.4. The van der Waals surface area contributed by atoms with Crippen LogP contribution >= 0.6 is 11.6 Å². The molecule has 0 saturated carbocycles. The molecule has 5 heteroatoms. The first kappa shape index (κ1) is 7.06. The highest BCUT2D eigenvalue weighted by atomic mass is 35.5. The van der Waals surface area contributed by atoms with Gasteiger partial charge in [0.25, 0.3) is 0 Å². The molecule has 0 atom stereocenters. The number of fused-ring (bicyclic) bond motifs is 1. The number of aromatic nitrogens is 3. The Kier molecular flexibility index (Phi) is 1.79. The van der Waals surface area contributed by atoms with E-state index in [1.165, 1.54) is 0 Å². The number of nitrogens with zero attached hydrogens (tertiary/aromatic N) is 3. The zero-order valence-electron chi connectivity index (χ0n) is 6.05. The first-order valence-corrected chi connectivity index (χ1v) is 4.04. The van der Waals surface area contributed by atoms with Crippen molar-refractivity contribution in [2.75, 3.05) is 6.54 Å². The summed E-state index contributed by atoms with van der Waals surface area (Å²) < 4.78 is 1.86. The Morgan fingerprint density at radius 2 is 2.45 bits per heavy atom. The molecule has 0 radical (unpaired) electrons. The maximum absolute atomic E-state index is 5.80. The van der Waals surface area contributed by atoms with Crippen molar-refractivity contribution in [2.45, 2.75) is 19.5 Å². The van der Waals surface area contributed by atoms with Crippen LogP contribution in [-0.4, -0.2) is 21.5 Å². The van der Waals surface area contributed by atoms with Crippen molar-refractivity contribution >= 4 is 11.6 Å². The van der Waals surface area contributed by atoms with E-state index in [1.54, 1.807) is 0 Å². The van der Waals surface area contributed by atoms with Crippen LogP contribution in [0.5, 0.6) is 0 Å². The topological polar surface area (TPSA) is 42.7 Å². The molecule has 0 aromatic carbocycles. The minimum atomic E-state index is 0.527. The van der Waals surface area contributed by atoms with Gasteiger partial charge in [-0.25, -0.2) is 4.68 Å². The zero-order chi connectivity index (χ0) is 7.68. The molecule has 0 aliphatic carbocycles. The van der Waals surface area contributed by atoms with Gasteiger partial charge in [0.2, 0.25) is 0 Å². The average molecular weight is 173 g/mol. The van der Waals surface area contributed by atoms with Crippen LogP contribution in [0.4, 0.5) is 0 Å². The molecule has 1 aliphatic heterocycles. The fraction of sp³-hybridized carbons (Fsp3) is 0.667. The molecule has 2 rings (SSSR count). The van der Waals surface area contributed by atoms with E-state index in [-0.39, 0.29) is 0 Å². The third-order valence-electron chi connectivity index (χ3n) is 1.81. The van der Waals surface area contributed by atoms with Crippen molar-refractivity contribution < 1.29 is 0 Å². The van der Waals surface area contributed by atoms with Gasteiger partial charge in [0, 0.05) is 13.1 Å². The van der Waals surface area contributed by atoms with Crippen molar-refractivity contribution in [1.29, 1.82) is 0 Å². The van der Waals surface area contributed by atoms with E-state index in [0.29, 0.717) is 5.15 Å². The lowest BCUT2D eigenvalue weighted by Crippen LogP contribution is -2.12. The van der Waals surface area contributed by atoms with Crippen LogP contribution in [0, 0.1) is 0 Å². The van der Waals surface area contributed by atoms with Gasteiger partial charge in [-0.05, 0) is 13.0 Å². The molecule has 1 aromatic heterocycles. The summed E-state index contributed by atoms with van der Waals surface area (Å²) in [5.41, 5.74) is 1.00. The Morgan fingerprint density at radius 3 is 3.36 bits per heavy atom. The number of rotatable bonds is 0. The van der Waals surface area contributed by atoms with Crippen molar-refractivity contribution in [3.8, 4) is 0 Å².